The van der Waals surface area contributed by atoms with Gasteiger partial charge in [0.15, 0.2) is 11.6 Å². The van der Waals surface area contributed by atoms with E-state index in [0.29, 0.717) is 0 Å². The molecule has 0 saturated heterocycles. The van der Waals surface area contributed by atoms with Crippen molar-refractivity contribution < 1.29 is 4.42 Å². The molecule has 16 heavy (non-hydrogen) atoms. The normalized spacial score (nSPS) is 11.1. The molecule has 0 aliphatic carbocycles. The number of hydrogen-bond acceptors (Lipinski definition) is 3. The molecule has 3 heterocycles. The molecule has 3 aromatic rings. The molecule has 3 rings (SSSR count). The van der Waals surface area contributed by atoms with Gasteiger partial charge in [-0.3, -0.25) is 4.98 Å². The van der Waals surface area contributed by atoms with Crippen molar-refractivity contribution in [2.24, 2.45) is 0 Å². The average Bonchev–Trinajstić information content (AvgIpc) is 2.95. The predicted molar refractivity (Wildman–Crippen MR) is 61.0 cm³/mol. The van der Waals surface area contributed by atoms with Crippen LogP contribution in [0.5, 0.6) is 0 Å². The van der Waals surface area contributed by atoms with Crippen molar-refractivity contribution >= 4 is 11.0 Å². The number of aromatic nitrogens is 3. The van der Waals surface area contributed by atoms with E-state index in [1.807, 2.05) is 18.2 Å². The molecule has 80 valence electrons. The van der Waals surface area contributed by atoms with Crippen LogP contribution < -0.4 is 0 Å². The van der Waals surface area contributed by atoms with Crippen LogP contribution in [0.1, 0.15) is 12.7 Å². The van der Waals surface area contributed by atoms with Crippen LogP contribution in [0.3, 0.4) is 0 Å². The van der Waals surface area contributed by atoms with Crippen LogP contribution in [0.15, 0.2) is 35.0 Å². The van der Waals surface area contributed by atoms with Crippen molar-refractivity contribution in [2.45, 2.75) is 13.3 Å². The van der Waals surface area contributed by atoms with E-state index in [0.717, 1.165) is 34.8 Å². The molecule has 0 unspecified atom stereocenters. The summed E-state index contributed by atoms with van der Waals surface area (Å²) in [5.41, 5.74) is 1.83. The largest absolute Gasteiger partial charge is 0.458 e. The van der Waals surface area contributed by atoms with E-state index in [4.69, 9.17) is 4.42 Å². The summed E-state index contributed by atoms with van der Waals surface area (Å²) in [6.07, 6.45) is 4.38. The Hall–Kier alpha value is -2.10. The highest BCUT2D eigenvalue weighted by atomic mass is 16.3. The summed E-state index contributed by atoms with van der Waals surface area (Å²) in [4.78, 5) is 11.7. The number of imidazole rings is 1. The Morgan fingerprint density at radius 3 is 3.00 bits per heavy atom. The number of pyridine rings is 1. The highest BCUT2D eigenvalue weighted by Crippen LogP contribution is 2.22. The van der Waals surface area contributed by atoms with Crippen LogP contribution in [-0.2, 0) is 6.42 Å². The zero-order valence-corrected chi connectivity index (χ0v) is 8.90. The molecule has 0 saturated carbocycles. The molecule has 0 aliphatic heterocycles. The molecular weight excluding hydrogens is 202 g/mol. The number of aromatic amines is 1. The van der Waals surface area contributed by atoms with Crippen LogP contribution in [0.4, 0.5) is 0 Å². The van der Waals surface area contributed by atoms with Crippen LogP contribution in [-0.4, -0.2) is 15.0 Å². The fourth-order valence-electron chi connectivity index (χ4n) is 1.67. The molecule has 0 radical (unpaired) electrons. The third-order valence-corrected chi connectivity index (χ3v) is 2.53. The lowest BCUT2D eigenvalue weighted by Gasteiger charge is -1.89. The lowest BCUT2D eigenvalue weighted by atomic mass is 10.3. The number of aryl methyl sites for hydroxylation is 1. The van der Waals surface area contributed by atoms with E-state index in [1.54, 1.807) is 12.4 Å². The minimum atomic E-state index is 0.753. The molecule has 3 aromatic heterocycles. The first-order valence-electron chi connectivity index (χ1n) is 5.25. The molecular formula is C12H11N3O. The van der Waals surface area contributed by atoms with Crippen LogP contribution in [0.2, 0.25) is 0 Å². The lowest BCUT2D eigenvalue weighted by molar-refractivity contribution is 0.526. The minimum absolute atomic E-state index is 0.753. The molecule has 4 heteroatoms. The SMILES string of the molecule is CCc1ccc(-c2nc3ccncc3[nH]2)o1. The van der Waals surface area contributed by atoms with Gasteiger partial charge in [-0.1, -0.05) is 6.92 Å². The van der Waals surface area contributed by atoms with Gasteiger partial charge in [0.05, 0.1) is 17.2 Å². The van der Waals surface area contributed by atoms with Gasteiger partial charge in [-0.15, -0.1) is 0 Å². The Morgan fingerprint density at radius 1 is 1.31 bits per heavy atom. The number of nitrogens with zero attached hydrogens (tertiary/aromatic N) is 2. The van der Waals surface area contributed by atoms with Crippen molar-refractivity contribution in [1.82, 2.24) is 15.0 Å². The number of nitrogens with one attached hydrogen (secondary N) is 1. The van der Waals surface area contributed by atoms with Gasteiger partial charge in [-0.2, -0.15) is 0 Å². The Kier molecular flexibility index (Phi) is 1.99. The Bertz CT molecular complexity index is 591. The summed E-state index contributed by atoms with van der Waals surface area (Å²) >= 11 is 0. The van der Waals surface area contributed by atoms with Crippen molar-refractivity contribution in [2.75, 3.05) is 0 Å². The quantitative estimate of drug-likeness (QED) is 0.712. The zero-order valence-electron chi connectivity index (χ0n) is 8.90. The standard InChI is InChI=1S/C12H11N3O/c1-2-8-3-4-11(16-8)12-14-9-5-6-13-7-10(9)15-12/h3-7H,2H2,1H3,(H,14,15). The first-order valence-corrected chi connectivity index (χ1v) is 5.25. The number of furan rings is 1. The second-order valence-electron chi connectivity index (χ2n) is 3.60. The molecule has 0 atom stereocenters. The first-order chi connectivity index (χ1) is 7.86. The number of fused-ring (bicyclic) bond motifs is 1. The van der Waals surface area contributed by atoms with E-state index in [1.165, 1.54) is 0 Å². The number of rotatable bonds is 2. The smallest absolute Gasteiger partial charge is 0.174 e. The van der Waals surface area contributed by atoms with Crippen molar-refractivity contribution in [3.05, 3.63) is 36.4 Å². The molecule has 0 fully saturated rings. The highest BCUT2D eigenvalue weighted by Gasteiger charge is 2.08. The molecule has 0 amide bonds. The van der Waals surface area contributed by atoms with Crippen molar-refractivity contribution in [1.29, 1.82) is 0 Å². The van der Waals surface area contributed by atoms with Crippen molar-refractivity contribution in [3.63, 3.8) is 0 Å². The monoisotopic (exact) mass is 213 g/mol. The van der Waals surface area contributed by atoms with Crippen LogP contribution in [0, 0.1) is 0 Å². The van der Waals surface area contributed by atoms with E-state index < -0.39 is 0 Å². The second-order valence-corrected chi connectivity index (χ2v) is 3.60. The maximum absolute atomic E-state index is 5.63. The minimum Gasteiger partial charge on any atom is -0.458 e. The Morgan fingerprint density at radius 2 is 2.25 bits per heavy atom. The second kappa shape index (κ2) is 3.48. The summed E-state index contributed by atoms with van der Waals surface area (Å²) in [5, 5.41) is 0. The van der Waals surface area contributed by atoms with Gasteiger partial charge in [0.1, 0.15) is 5.76 Å². The summed E-state index contributed by atoms with van der Waals surface area (Å²) in [6.45, 7) is 2.06. The lowest BCUT2D eigenvalue weighted by Crippen LogP contribution is -1.75. The predicted octanol–water partition coefficient (Wildman–Crippen LogP) is 2.78. The zero-order chi connectivity index (χ0) is 11.0. The van der Waals surface area contributed by atoms with Crippen LogP contribution >= 0.6 is 0 Å². The molecule has 0 spiro atoms. The Balaban J connectivity index is 2.11. The molecule has 1 N–H and O–H groups in total. The third kappa shape index (κ3) is 1.39. The molecule has 4 nitrogen and oxygen atoms in total. The van der Waals surface area contributed by atoms with E-state index in [-0.39, 0.29) is 0 Å². The number of hydrogen-bond donors (Lipinski definition) is 1. The van der Waals surface area contributed by atoms with Gasteiger partial charge in [-0.05, 0) is 18.2 Å². The van der Waals surface area contributed by atoms with Crippen molar-refractivity contribution in [3.8, 4) is 11.6 Å². The summed E-state index contributed by atoms with van der Waals surface area (Å²) in [6, 6.07) is 5.78. The maximum atomic E-state index is 5.63. The molecule has 0 aromatic carbocycles. The summed E-state index contributed by atoms with van der Waals surface area (Å²) < 4.78 is 5.63. The summed E-state index contributed by atoms with van der Waals surface area (Å²) in [7, 11) is 0. The number of H-pyrrole nitrogens is 1. The van der Waals surface area contributed by atoms with Crippen LogP contribution in [0.25, 0.3) is 22.6 Å². The fourth-order valence-corrected chi connectivity index (χ4v) is 1.67. The van der Waals surface area contributed by atoms with Gasteiger partial charge in [0.25, 0.3) is 0 Å². The van der Waals surface area contributed by atoms with E-state index >= 15 is 0 Å². The van der Waals surface area contributed by atoms with E-state index in [9.17, 15) is 0 Å². The average molecular weight is 213 g/mol. The summed E-state index contributed by atoms with van der Waals surface area (Å²) in [5.74, 6) is 2.49. The molecule has 0 bridgehead atoms. The van der Waals surface area contributed by atoms with Gasteiger partial charge < -0.3 is 9.40 Å². The van der Waals surface area contributed by atoms with Gasteiger partial charge in [-0.25, -0.2) is 4.98 Å². The molecule has 0 aliphatic rings. The van der Waals surface area contributed by atoms with E-state index in [2.05, 4.69) is 21.9 Å². The van der Waals surface area contributed by atoms with Gasteiger partial charge >= 0.3 is 0 Å². The fraction of sp³-hybridized carbons (Fsp3) is 0.167. The maximum Gasteiger partial charge on any atom is 0.174 e. The van der Waals surface area contributed by atoms with Gasteiger partial charge in [0.2, 0.25) is 0 Å². The topological polar surface area (TPSA) is 54.7 Å². The third-order valence-electron chi connectivity index (χ3n) is 2.53. The van der Waals surface area contributed by atoms with Gasteiger partial charge in [0, 0.05) is 12.6 Å². The Labute approximate surface area is 92.3 Å². The first kappa shape index (κ1) is 9.15. The highest BCUT2D eigenvalue weighted by molar-refractivity contribution is 5.77.